The van der Waals surface area contributed by atoms with Gasteiger partial charge in [0.2, 0.25) is 11.8 Å². The highest BCUT2D eigenvalue weighted by Gasteiger charge is 2.33. The minimum absolute atomic E-state index is 0.0555. The third kappa shape index (κ3) is 8.08. The first kappa shape index (κ1) is 31.2. The average molecular weight is 584 g/mol. The maximum atomic E-state index is 14.0. The molecule has 214 valence electrons. The molecular weight excluding hydrogens is 546 g/mol. The van der Waals surface area contributed by atoms with Gasteiger partial charge in [0.15, 0.2) is 0 Å². The summed E-state index contributed by atoms with van der Waals surface area (Å²) in [6, 6.07) is 21.7. The molecule has 0 aliphatic carbocycles. The van der Waals surface area contributed by atoms with Gasteiger partial charge in [-0.15, -0.1) is 0 Å². The number of rotatable bonds is 13. The van der Waals surface area contributed by atoms with Gasteiger partial charge in [0.25, 0.3) is 10.0 Å². The Morgan fingerprint density at radius 3 is 2.10 bits per heavy atom. The Balaban J connectivity index is 2.00. The van der Waals surface area contributed by atoms with Gasteiger partial charge < -0.3 is 10.2 Å². The minimum Gasteiger partial charge on any atom is -0.352 e. The van der Waals surface area contributed by atoms with Crippen LogP contribution < -0.4 is 9.62 Å². The molecule has 0 aliphatic heterocycles. The van der Waals surface area contributed by atoms with Crippen molar-refractivity contribution in [1.29, 1.82) is 0 Å². The van der Waals surface area contributed by atoms with Crippen molar-refractivity contribution in [2.75, 3.05) is 17.4 Å². The summed E-state index contributed by atoms with van der Waals surface area (Å²) >= 11 is 6.08. The molecule has 0 aromatic heterocycles. The van der Waals surface area contributed by atoms with E-state index in [9.17, 15) is 18.0 Å². The third-order valence-corrected chi connectivity index (χ3v) is 8.91. The Bertz CT molecular complexity index is 1360. The van der Waals surface area contributed by atoms with E-state index in [1.807, 2.05) is 58.0 Å². The average Bonchev–Trinajstić information content (AvgIpc) is 2.95. The number of nitrogens with zero attached hydrogens (tertiary/aromatic N) is 2. The number of sulfonamides is 1. The zero-order valence-corrected chi connectivity index (χ0v) is 25.1. The fraction of sp³-hybridized carbons (Fsp3) is 0.355. The molecule has 40 heavy (non-hydrogen) atoms. The highest BCUT2D eigenvalue weighted by Crippen LogP contribution is 2.26. The van der Waals surface area contributed by atoms with Crippen molar-refractivity contribution in [3.8, 4) is 0 Å². The molecule has 0 bridgehead atoms. The number of benzene rings is 3. The molecule has 0 radical (unpaired) electrons. The molecule has 0 spiro atoms. The van der Waals surface area contributed by atoms with Crippen LogP contribution in [0.1, 0.15) is 44.7 Å². The summed E-state index contributed by atoms with van der Waals surface area (Å²) in [5.74, 6) is -0.717. The molecule has 0 fully saturated rings. The van der Waals surface area contributed by atoms with Crippen LogP contribution in [0.3, 0.4) is 0 Å². The van der Waals surface area contributed by atoms with Crippen LogP contribution in [0.15, 0.2) is 83.8 Å². The summed E-state index contributed by atoms with van der Waals surface area (Å²) < 4.78 is 28.8. The van der Waals surface area contributed by atoms with Crippen LogP contribution in [0.25, 0.3) is 0 Å². The third-order valence-electron chi connectivity index (χ3n) is 6.87. The van der Waals surface area contributed by atoms with Crippen molar-refractivity contribution in [3.63, 3.8) is 0 Å². The summed E-state index contributed by atoms with van der Waals surface area (Å²) in [6.45, 7) is 7.40. The van der Waals surface area contributed by atoms with Gasteiger partial charge in [-0.3, -0.25) is 13.9 Å². The van der Waals surface area contributed by atoms with Crippen LogP contribution in [0.5, 0.6) is 0 Å². The van der Waals surface area contributed by atoms with Crippen LogP contribution in [0.2, 0.25) is 5.02 Å². The van der Waals surface area contributed by atoms with E-state index in [4.69, 9.17) is 11.6 Å². The fourth-order valence-electron chi connectivity index (χ4n) is 4.31. The Kier molecular flexibility index (Phi) is 11.2. The van der Waals surface area contributed by atoms with Crippen LogP contribution in [-0.2, 0) is 26.0 Å². The minimum atomic E-state index is -4.11. The van der Waals surface area contributed by atoms with E-state index in [1.54, 1.807) is 36.4 Å². The number of aryl methyl sites for hydroxylation is 1. The first-order valence-corrected chi connectivity index (χ1v) is 15.4. The van der Waals surface area contributed by atoms with Crippen molar-refractivity contribution in [1.82, 2.24) is 10.2 Å². The van der Waals surface area contributed by atoms with Crippen molar-refractivity contribution in [3.05, 3.63) is 95.0 Å². The Morgan fingerprint density at radius 2 is 1.52 bits per heavy atom. The van der Waals surface area contributed by atoms with Gasteiger partial charge in [-0.25, -0.2) is 8.42 Å². The lowest BCUT2D eigenvalue weighted by atomic mass is 10.1. The monoisotopic (exact) mass is 583 g/mol. The summed E-state index contributed by atoms with van der Waals surface area (Å²) in [5, 5.41) is 3.43. The molecule has 0 saturated carbocycles. The molecule has 3 rings (SSSR count). The van der Waals surface area contributed by atoms with Crippen LogP contribution in [0, 0.1) is 6.92 Å². The molecule has 0 aliphatic rings. The lowest BCUT2D eigenvalue weighted by Gasteiger charge is -2.33. The molecular formula is C31H38ClN3O4S. The predicted molar refractivity (Wildman–Crippen MR) is 161 cm³/mol. The first-order chi connectivity index (χ1) is 19.1. The molecule has 9 heteroatoms. The lowest BCUT2D eigenvalue weighted by molar-refractivity contribution is -0.139. The number of hydrogen-bond donors (Lipinski definition) is 1. The highest BCUT2D eigenvalue weighted by atomic mass is 35.5. The first-order valence-electron chi connectivity index (χ1n) is 13.6. The van der Waals surface area contributed by atoms with Gasteiger partial charge in [-0.05, 0) is 75.1 Å². The molecule has 2 atom stereocenters. The van der Waals surface area contributed by atoms with Gasteiger partial charge >= 0.3 is 0 Å². The highest BCUT2D eigenvalue weighted by molar-refractivity contribution is 7.92. The zero-order valence-electron chi connectivity index (χ0n) is 23.5. The van der Waals surface area contributed by atoms with Gasteiger partial charge in [-0.1, -0.05) is 73.5 Å². The molecule has 2 amide bonds. The van der Waals surface area contributed by atoms with E-state index in [0.717, 1.165) is 21.9 Å². The molecule has 1 N–H and O–H groups in total. The molecule has 2 unspecified atom stereocenters. The topological polar surface area (TPSA) is 86.8 Å². The van der Waals surface area contributed by atoms with Crippen LogP contribution in [-0.4, -0.2) is 50.3 Å². The van der Waals surface area contributed by atoms with Gasteiger partial charge in [0.1, 0.15) is 12.6 Å². The van der Waals surface area contributed by atoms with E-state index in [-0.39, 0.29) is 23.4 Å². The van der Waals surface area contributed by atoms with Crippen molar-refractivity contribution in [2.24, 2.45) is 0 Å². The lowest BCUT2D eigenvalue weighted by Crippen LogP contribution is -2.54. The normalized spacial score (nSPS) is 12.8. The number of carbonyl (C=O) groups excluding carboxylic acids is 2. The summed E-state index contributed by atoms with van der Waals surface area (Å²) in [5.41, 5.74) is 2.23. The number of nitrogens with one attached hydrogen (secondary N) is 1. The van der Waals surface area contributed by atoms with Gasteiger partial charge in [0.05, 0.1) is 10.6 Å². The van der Waals surface area contributed by atoms with Crippen LogP contribution >= 0.6 is 11.6 Å². The molecule has 3 aromatic rings. The largest absolute Gasteiger partial charge is 0.352 e. The van der Waals surface area contributed by atoms with E-state index in [1.165, 1.54) is 17.0 Å². The molecule has 0 heterocycles. The number of halogens is 1. The van der Waals surface area contributed by atoms with Crippen molar-refractivity contribution < 1.29 is 18.0 Å². The summed E-state index contributed by atoms with van der Waals surface area (Å²) in [4.78, 5) is 28.9. The quantitative estimate of drug-likeness (QED) is 0.283. The number of amides is 2. The number of hydrogen-bond acceptors (Lipinski definition) is 4. The predicted octanol–water partition coefficient (Wildman–Crippen LogP) is 5.61. The van der Waals surface area contributed by atoms with Crippen LogP contribution in [0.4, 0.5) is 5.69 Å². The SMILES string of the molecule is CCC(C)NC(=O)C(CC)N(CCc1ccccc1)C(=O)CN(c1ccc(Cl)cc1)S(=O)(=O)c1ccc(C)cc1. The Morgan fingerprint density at radius 1 is 0.900 bits per heavy atom. The fourth-order valence-corrected chi connectivity index (χ4v) is 5.85. The number of anilines is 1. The zero-order chi connectivity index (χ0) is 29.3. The maximum Gasteiger partial charge on any atom is 0.264 e. The standard InChI is InChI=1S/C31H38ClN3O4S/c1-5-24(4)33-31(37)29(6-2)34(21-20-25-10-8-7-9-11-25)30(36)22-35(27-16-14-26(32)15-17-27)40(38,39)28-18-12-23(3)13-19-28/h7-19,24,29H,5-6,20-22H2,1-4H3,(H,33,37). The molecule has 0 saturated heterocycles. The van der Waals surface area contributed by atoms with Crippen molar-refractivity contribution in [2.45, 2.75) is 63.9 Å². The number of carbonyl (C=O) groups is 2. The Hall–Kier alpha value is -3.36. The van der Waals surface area contributed by atoms with Gasteiger partial charge in [0, 0.05) is 17.6 Å². The van der Waals surface area contributed by atoms with E-state index >= 15 is 0 Å². The maximum absolute atomic E-state index is 14.0. The molecule has 3 aromatic carbocycles. The van der Waals surface area contributed by atoms with E-state index < -0.39 is 28.5 Å². The summed E-state index contributed by atoms with van der Waals surface area (Å²) in [7, 11) is -4.11. The van der Waals surface area contributed by atoms with Gasteiger partial charge in [-0.2, -0.15) is 0 Å². The second-order valence-electron chi connectivity index (χ2n) is 9.87. The second-order valence-corrected chi connectivity index (χ2v) is 12.2. The van der Waals surface area contributed by atoms with Crippen molar-refractivity contribution >= 4 is 39.1 Å². The van der Waals surface area contributed by atoms with E-state index in [2.05, 4.69) is 5.32 Å². The second kappa shape index (κ2) is 14.3. The summed E-state index contributed by atoms with van der Waals surface area (Å²) in [6.07, 6.45) is 1.65. The smallest absolute Gasteiger partial charge is 0.264 e. The van der Waals surface area contributed by atoms with E-state index in [0.29, 0.717) is 23.6 Å². The molecule has 7 nitrogen and oxygen atoms in total. The Labute approximate surface area is 243 Å².